The van der Waals surface area contributed by atoms with Crippen molar-refractivity contribution in [1.29, 1.82) is 0 Å². The Morgan fingerprint density at radius 1 is 0.675 bits per heavy atom. The van der Waals surface area contributed by atoms with Crippen LogP contribution in [-0.2, 0) is 11.2 Å². The molecule has 0 aromatic heterocycles. The van der Waals surface area contributed by atoms with Crippen molar-refractivity contribution in [2.75, 3.05) is 5.32 Å². The zero-order valence-corrected chi connectivity index (χ0v) is 21.8. The quantitative estimate of drug-likeness (QED) is 0.164. The van der Waals surface area contributed by atoms with Gasteiger partial charge in [0.2, 0.25) is 0 Å². The molecule has 0 saturated carbocycles. The molecule has 0 bridgehead atoms. The van der Waals surface area contributed by atoms with Gasteiger partial charge in [-0.25, -0.2) is 0 Å². The van der Waals surface area contributed by atoms with Crippen LogP contribution in [0.15, 0.2) is 121 Å². The molecule has 5 rings (SSSR count). The van der Waals surface area contributed by atoms with Crippen LogP contribution in [-0.4, -0.2) is 24.1 Å². The van der Waals surface area contributed by atoms with Crippen molar-refractivity contribution in [3.05, 3.63) is 149 Å². The number of amides is 2. The van der Waals surface area contributed by atoms with E-state index >= 15 is 0 Å². The minimum atomic E-state index is -0.673. The molecule has 2 amide bonds. The number of rotatable bonds is 9. The van der Waals surface area contributed by atoms with Gasteiger partial charge >= 0.3 is 0 Å². The second-order valence-electron chi connectivity index (χ2n) is 9.47. The fourth-order valence-electron chi connectivity index (χ4n) is 4.52. The summed E-state index contributed by atoms with van der Waals surface area (Å²) in [5.41, 5.74) is 4.03. The first-order valence-corrected chi connectivity index (χ1v) is 13.1. The van der Waals surface area contributed by atoms with Crippen molar-refractivity contribution >= 4 is 46.7 Å². The number of carbonyl (C=O) groups excluding carboxylic acids is 3. The van der Waals surface area contributed by atoms with E-state index in [2.05, 4.69) is 10.6 Å². The molecule has 0 aliphatic rings. The fourth-order valence-corrected chi connectivity index (χ4v) is 4.52. The minimum absolute atomic E-state index is 0.246. The maximum Gasteiger partial charge on any atom is 0.255 e. The molecule has 0 aliphatic carbocycles. The third-order valence-corrected chi connectivity index (χ3v) is 6.60. The first-order chi connectivity index (χ1) is 19.6. The second kappa shape index (κ2) is 12.5. The summed E-state index contributed by atoms with van der Waals surface area (Å²) in [7, 11) is 0. The van der Waals surface area contributed by atoms with Gasteiger partial charge < -0.3 is 15.4 Å². The van der Waals surface area contributed by atoms with Crippen LogP contribution in [0.4, 0.5) is 5.69 Å². The smallest absolute Gasteiger partial charge is 0.255 e. The maximum absolute atomic E-state index is 13.3. The van der Waals surface area contributed by atoms with Gasteiger partial charge in [0.1, 0.15) is 6.29 Å². The largest absolute Gasteiger partial charge is 0.342 e. The molecule has 0 saturated heterocycles. The third-order valence-electron chi connectivity index (χ3n) is 6.60. The van der Waals surface area contributed by atoms with Crippen LogP contribution in [0, 0.1) is 0 Å². The summed E-state index contributed by atoms with van der Waals surface area (Å²) >= 11 is 0. The Morgan fingerprint density at radius 2 is 1.38 bits per heavy atom. The monoisotopic (exact) mass is 524 g/mol. The molecule has 5 aromatic rings. The number of anilines is 1. The van der Waals surface area contributed by atoms with E-state index in [-0.39, 0.29) is 11.8 Å². The Kier molecular flexibility index (Phi) is 8.23. The average molecular weight is 525 g/mol. The zero-order chi connectivity index (χ0) is 27.7. The highest BCUT2D eigenvalue weighted by Crippen LogP contribution is 2.22. The predicted molar refractivity (Wildman–Crippen MR) is 161 cm³/mol. The van der Waals surface area contributed by atoms with Crippen molar-refractivity contribution in [2.24, 2.45) is 0 Å². The van der Waals surface area contributed by atoms with Gasteiger partial charge in [0.05, 0.1) is 6.04 Å². The van der Waals surface area contributed by atoms with E-state index in [1.54, 1.807) is 24.3 Å². The molecule has 196 valence electrons. The van der Waals surface area contributed by atoms with Crippen LogP contribution < -0.4 is 10.6 Å². The Morgan fingerprint density at radius 3 is 2.12 bits per heavy atom. The fraction of sp³-hybridized carbons (Fsp3) is 0.0571. The molecule has 2 N–H and O–H groups in total. The van der Waals surface area contributed by atoms with Gasteiger partial charge in [-0.3, -0.25) is 9.59 Å². The van der Waals surface area contributed by atoms with Crippen LogP contribution in [0.25, 0.3) is 22.9 Å². The molecule has 5 heteroatoms. The van der Waals surface area contributed by atoms with Crippen LogP contribution in [0.3, 0.4) is 0 Å². The predicted octanol–water partition coefficient (Wildman–Crippen LogP) is 6.80. The first kappa shape index (κ1) is 26.3. The van der Waals surface area contributed by atoms with Crippen LogP contribution in [0.2, 0.25) is 0 Å². The van der Waals surface area contributed by atoms with Gasteiger partial charge in [-0.15, -0.1) is 0 Å². The van der Waals surface area contributed by atoms with E-state index in [1.165, 1.54) is 0 Å². The Hall–Kier alpha value is -5.29. The molecule has 0 heterocycles. The van der Waals surface area contributed by atoms with E-state index in [4.69, 9.17) is 0 Å². The molecule has 40 heavy (non-hydrogen) atoms. The second-order valence-corrected chi connectivity index (χ2v) is 9.47. The lowest BCUT2D eigenvalue weighted by atomic mass is 10.0. The normalized spacial score (nSPS) is 11.7. The van der Waals surface area contributed by atoms with Crippen LogP contribution in [0.1, 0.15) is 37.4 Å². The summed E-state index contributed by atoms with van der Waals surface area (Å²) in [6, 6.07) is 37.2. The number of benzene rings is 5. The van der Waals surface area contributed by atoms with E-state index in [0.717, 1.165) is 28.2 Å². The van der Waals surface area contributed by atoms with Crippen LogP contribution in [0.5, 0.6) is 0 Å². The van der Waals surface area contributed by atoms with E-state index in [1.807, 2.05) is 109 Å². The third kappa shape index (κ3) is 6.58. The SMILES string of the molecule is O=CC(Cc1ccccc1)NC(=O)c1ccc(NC(=O)c2ccc3ccccc3c2)cc1/C=C/c1ccccc1. The van der Waals surface area contributed by atoms with Crippen molar-refractivity contribution in [3.8, 4) is 0 Å². The van der Waals surface area contributed by atoms with Crippen LogP contribution >= 0.6 is 0 Å². The lowest BCUT2D eigenvalue weighted by Gasteiger charge is -2.15. The maximum atomic E-state index is 13.3. The standard InChI is InChI=1S/C35H28N2O3/c38-24-32(21-26-11-5-2-6-12-26)37-35(40)33-20-19-31(23-29(33)16-15-25-9-3-1-4-10-25)36-34(39)30-18-17-27-13-7-8-14-28(27)22-30/h1-20,22-24,32H,21H2,(H,36,39)(H,37,40)/b16-15+. The molecule has 1 atom stereocenters. The molecule has 0 spiro atoms. The number of hydrogen-bond donors (Lipinski definition) is 2. The lowest BCUT2D eigenvalue weighted by molar-refractivity contribution is -0.109. The van der Waals surface area contributed by atoms with Gasteiger partial charge in [0, 0.05) is 16.8 Å². The summed E-state index contributed by atoms with van der Waals surface area (Å²) in [5.74, 6) is -0.613. The van der Waals surface area contributed by atoms with Gasteiger partial charge in [0.15, 0.2) is 0 Å². The van der Waals surface area contributed by atoms with Crippen molar-refractivity contribution in [1.82, 2.24) is 5.32 Å². The van der Waals surface area contributed by atoms with E-state index < -0.39 is 6.04 Å². The summed E-state index contributed by atoms with van der Waals surface area (Å²) in [4.78, 5) is 38.2. The molecular weight excluding hydrogens is 496 g/mol. The Labute approximate surface area is 233 Å². The number of nitrogens with one attached hydrogen (secondary N) is 2. The highest BCUT2D eigenvalue weighted by molar-refractivity contribution is 6.07. The van der Waals surface area contributed by atoms with Crippen molar-refractivity contribution in [3.63, 3.8) is 0 Å². The lowest BCUT2D eigenvalue weighted by Crippen LogP contribution is -2.37. The highest BCUT2D eigenvalue weighted by atomic mass is 16.2. The Bertz CT molecular complexity index is 1680. The summed E-state index contributed by atoms with van der Waals surface area (Å²) in [5, 5.41) is 7.84. The summed E-state index contributed by atoms with van der Waals surface area (Å²) in [6.07, 6.45) is 4.89. The molecule has 0 fully saturated rings. The highest BCUT2D eigenvalue weighted by Gasteiger charge is 2.17. The topological polar surface area (TPSA) is 75.3 Å². The first-order valence-electron chi connectivity index (χ1n) is 13.1. The van der Waals surface area contributed by atoms with E-state index in [0.29, 0.717) is 28.8 Å². The molecule has 1 unspecified atom stereocenters. The summed E-state index contributed by atoms with van der Waals surface area (Å²) in [6.45, 7) is 0. The van der Waals surface area contributed by atoms with E-state index in [9.17, 15) is 14.4 Å². The van der Waals surface area contributed by atoms with Gasteiger partial charge in [-0.05, 0) is 64.2 Å². The van der Waals surface area contributed by atoms with Gasteiger partial charge in [0.25, 0.3) is 11.8 Å². The molecular formula is C35H28N2O3. The number of carbonyl (C=O) groups is 3. The molecule has 0 aliphatic heterocycles. The molecule has 5 nitrogen and oxygen atoms in total. The number of fused-ring (bicyclic) bond motifs is 1. The zero-order valence-electron chi connectivity index (χ0n) is 21.8. The van der Waals surface area contributed by atoms with Crippen molar-refractivity contribution < 1.29 is 14.4 Å². The number of hydrogen-bond acceptors (Lipinski definition) is 3. The van der Waals surface area contributed by atoms with Crippen molar-refractivity contribution in [2.45, 2.75) is 12.5 Å². The summed E-state index contributed by atoms with van der Waals surface area (Å²) < 4.78 is 0. The van der Waals surface area contributed by atoms with Gasteiger partial charge in [-0.2, -0.15) is 0 Å². The molecule has 0 radical (unpaired) electrons. The molecule has 5 aromatic carbocycles. The minimum Gasteiger partial charge on any atom is -0.342 e. The number of aldehydes is 1. The van der Waals surface area contributed by atoms with Gasteiger partial charge in [-0.1, -0.05) is 103 Å². The Balaban J connectivity index is 1.40. The average Bonchev–Trinajstić information content (AvgIpc) is 3.00.